The lowest BCUT2D eigenvalue weighted by Crippen LogP contribution is -2.15. The van der Waals surface area contributed by atoms with Crippen LogP contribution in [0.25, 0.3) is 0 Å². The summed E-state index contributed by atoms with van der Waals surface area (Å²) in [4.78, 5) is 11.6. The lowest BCUT2D eigenvalue weighted by molar-refractivity contribution is -0.116. The van der Waals surface area contributed by atoms with Gasteiger partial charge in [0.15, 0.2) is 0 Å². The molecular weight excluding hydrogens is 214 g/mol. The number of amides is 1. The summed E-state index contributed by atoms with van der Waals surface area (Å²) in [5.41, 5.74) is 2.24. The third kappa shape index (κ3) is 4.25. The van der Waals surface area contributed by atoms with Crippen LogP contribution in [0.15, 0.2) is 18.2 Å². The van der Waals surface area contributed by atoms with Crippen LogP contribution in [0.3, 0.4) is 0 Å². The Morgan fingerprint density at radius 3 is 2.88 bits per heavy atom. The number of nitrogens with one attached hydrogen (secondary N) is 2. The van der Waals surface area contributed by atoms with Crippen molar-refractivity contribution in [2.45, 2.75) is 19.8 Å². The van der Waals surface area contributed by atoms with Gasteiger partial charge in [0.25, 0.3) is 0 Å². The Labute approximate surface area is 102 Å². The maximum atomic E-state index is 11.6. The van der Waals surface area contributed by atoms with Crippen LogP contribution in [-0.2, 0) is 4.79 Å². The molecule has 1 amide bonds. The molecule has 0 unspecified atom stereocenters. The summed E-state index contributed by atoms with van der Waals surface area (Å²) < 4.78 is 0. The monoisotopic (exact) mass is 231 g/mol. The molecular formula is C13H17N3O. The second-order valence-electron chi connectivity index (χ2n) is 3.90. The van der Waals surface area contributed by atoms with E-state index < -0.39 is 0 Å². The van der Waals surface area contributed by atoms with Crippen molar-refractivity contribution in [3.8, 4) is 6.07 Å². The molecule has 0 aliphatic carbocycles. The van der Waals surface area contributed by atoms with E-state index in [-0.39, 0.29) is 5.91 Å². The summed E-state index contributed by atoms with van der Waals surface area (Å²) in [7, 11) is 1.86. The van der Waals surface area contributed by atoms with Gasteiger partial charge >= 0.3 is 0 Å². The third-order valence-electron chi connectivity index (χ3n) is 2.47. The summed E-state index contributed by atoms with van der Waals surface area (Å²) in [6.07, 6.45) is 1.29. The predicted molar refractivity (Wildman–Crippen MR) is 67.7 cm³/mol. The van der Waals surface area contributed by atoms with E-state index >= 15 is 0 Å². The standard InChI is InChI=1S/C13H17N3O/c1-10-5-6-11(9-14)8-12(10)16-13(17)4-3-7-15-2/h5-6,8,15H,3-4,7H2,1-2H3,(H,16,17). The highest BCUT2D eigenvalue weighted by Gasteiger charge is 2.05. The van der Waals surface area contributed by atoms with Gasteiger partial charge in [0, 0.05) is 12.1 Å². The Kier molecular flexibility index (Phi) is 5.18. The fourth-order valence-electron chi connectivity index (χ4n) is 1.46. The van der Waals surface area contributed by atoms with Crippen molar-refractivity contribution in [2.75, 3.05) is 18.9 Å². The molecule has 1 rings (SSSR count). The topological polar surface area (TPSA) is 64.9 Å². The zero-order valence-electron chi connectivity index (χ0n) is 10.2. The normalized spacial score (nSPS) is 9.71. The predicted octanol–water partition coefficient (Wildman–Crippen LogP) is 1.80. The molecule has 0 radical (unpaired) electrons. The van der Waals surface area contributed by atoms with Gasteiger partial charge in [0.05, 0.1) is 11.6 Å². The molecule has 0 aliphatic heterocycles. The first-order chi connectivity index (χ1) is 8.17. The number of carbonyl (C=O) groups excluding carboxylic acids is 1. The number of carbonyl (C=O) groups is 1. The Morgan fingerprint density at radius 1 is 1.47 bits per heavy atom. The fraction of sp³-hybridized carbons (Fsp3) is 0.385. The Hall–Kier alpha value is -1.86. The second-order valence-corrected chi connectivity index (χ2v) is 3.90. The third-order valence-corrected chi connectivity index (χ3v) is 2.47. The van der Waals surface area contributed by atoms with Crippen LogP contribution in [0.4, 0.5) is 5.69 Å². The van der Waals surface area contributed by atoms with Gasteiger partial charge in [-0.3, -0.25) is 4.79 Å². The average Bonchev–Trinajstić information content (AvgIpc) is 2.32. The maximum absolute atomic E-state index is 11.6. The van der Waals surface area contributed by atoms with Crippen LogP contribution in [0.5, 0.6) is 0 Å². The van der Waals surface area contributed by atoms with E-state index in [2.05, 4.69) is 16.7 Å². The number of rotatable bonds is 5. The number of nitrogens with zero attached hydrogens (tertiary/aromatic N) is 1. The van der Waals surface area contributed by atoms with Gasteiger partial charge in [-0.1, -0.05) is 6.07 Å². The highest BCUT2D eigenvalue weighted by atomic mass is 16.1. The number of hydrogen-bond donors (Lipinski definition) is 2. The van der Waals surface area contributed by atoms with Crippen LogP contribution in [0.2, 0.25) is 0 Å². The maximum Gasteiger partial charge on any atom is 0.224 e. The van der Waals surface area contributed by atoms with Gasteiger partial charge in [-0.15, -0.1) is 0 Å². The van der Waals surface area contributed by atoms with Crippen LogP contribution in [0.1, 0.15) is 24.0 Å². The van der Waals surface area contributed by atoms with E-state index in [4.69, 9.17) is 5.26 Å². The van der Waals surface area contributed by atoms with Gasteiger partial charge in [-0.05, 0) is 44.6 Å². The number of aryl methyl sites for hydroxylation is 1. The van der Waals surface area contributed by atoms with E-state index in [0.29, 0.717) is 12.0 Å². The molecule has 0 heterocycles. The van der Waals surface area contributed by atoms with E-state index in [1.165, 1.54) is 0 Å². The van der Waals surface area contributed by atoms with Crippen molar-refractivity contribution in [3.63, 3.8) is 0 Å². The van der Waals surface area contributed by atoms with E-state index in [0.717, 1.165) is 24.2 Å². The van der Waals surface area contributed by atoms with Gasteiger partial charge in [-0.2, -0.15) is 5.26 Å². The first-order valence-electron chi connectivity index (χ1n) is 5.62. The largest absolute Gasteiger partial charge is 0.326 e. The average molecular weight is 231 g/mol. The highest BCUT2D eigenvalue weighted by molar-refractivity contribution is 5.91. The molecule has 4 heteroatoms. The molecule has 1 aromatic carbocycles. The smallest absolute Gasteiger partial charge is 0.224 e. The summed E-state index contributed by atoms with van der Waals surface area (Å²) >= 11 is 0. The van der Waals surface area contributed by atoms with E-state index in [1.54, 1.807) is 12.1 Å². The van der Waals surface area contributed by atoms with Crippen molar-refractivity contribution in [1.82, 2.24) is 5.32 Å². The van der Waals surface area contributed by atoms with Crippen LogP contribution in [0, 0.1) is 18.3 Å². The zero-order valence-corrected chi connectivity index (χ0v) is 10.2. The lowest BCUT2D eigenvalue weighted by Gasteiger charge is -2.08. The Morgan fingerprint density at radius 2 is 2.24 bits per heavy atom. The Balaban J connectivity index is 2.61. The molecule has 1 aromatic rings. The SMILES string of the molecule is CNCCCC(=O)Nc1cc(C#N)ccc1C. The van der Waals surface area contributed by atoms with Crippen LogP contribution >= 0.6 is 0 Å². The number of hydrogen-bond acceptors (Lipinski definition) is 3. The molecule has 0 aromatic heterocycles. The van der Waals surface area contributed by atoms with E-state index in [1.807, 2.05) is 20.0 Å². The molecule has 0 spiro atoms. The molecule has 0 saturated carbocycles. The summed E-state index contributed by atoms with van der Waals surface area (Å²) in [5.74, 6) is -0.0153. The molecule has 0 saturated heterocycles. The van der Waals surface area contributed by atoms with Gasteiger partial charge in [0.1, 0.15) is 0 Å². The second kappa shape index (κ2) is 6.66. The molecule has 90 valence electrons. The first-order valence-corrected chi connectivity index (χ1v) is 5.62. The van der Waals surface area contributed by atoms with Gasteiger partial charge in [-0.25, -0.2) is 0 Å². The van der Waals surface area contributed by atoms with E-state index in [9.17, 15) is 4.79 Å². The first kappa shape index (κ1) is 13.2. The van der Waals surface area contributed by atoms with Crippen molar-refractivity contribution < 1.29 is 4.79 Å². The molecule has 0 aliphatic rings. The minimum Gasteiger partial charge on any atom is -0.326 e. The van der Waals surface area contributed by atoms with Crippen LogP contribution < -0.4 is 10.6 Å². The summed E-state index contributed by atoms with van der Waals surface area (Å²) in [6, 6.07) is 7.34. The number of benzene rings is 1. The molecule has 4 nitrogen and oxygen atoms in total. The zero-order chi connectivity index (χ0) is 12.7. The van der Waals surface area contributed by atoms with Crippen molar-refractivity contribution in [3.05, 3.63) is 29.3 Å². The fourth-order valence-corrected chi connectivity index (χ4v) is 1.46. The van der Waals surface area contributed by atoms with Crippen molar-refractivity contribution in [2.24, 2.45) is 0 Å². The van der Waals surface area contributed by atoms with Crippen LogP contribution in [-0.4, -0.2) is 19.5 Å². The Bertz CT molecular complexity index is 435. The minimum atomic E-state index is -0.0153. The summed E-state index contributed by atoms with van der Waals surface area (Å²) in [5, 5.41) is 14.6. The highest BCUT2D eigenvalue weighted by Crippen LogP contribution is 2.16. The van der Waals surface area contributed by atoms with Crippen molar-refractivity contribution in [1.29, 1.82) is 5.26 Å². The van der Waals surface area contributed by atoms with Gasteiger partial charge in [0.2, 0.25) is 5.91 Å². The van der Waals surface area contributed by atoms with Gasteiger partial charge < -0.3 is 10.6 Å². The molecule has 2 N–H and O–H groups in total. The minimum absolute atomic E-state index is 0.0153. The number of nitriles is 1. The summed E-state index contributed by atoms with van der Waals surface area (Å²) in [6.45, 7) is 2.73. The quantitative estimate of drug-likeness (QED) is 0.759. The number of anilines is 1. The lowest BCUT2D eigenvalue weighted by atomic mass is 10.1. The molecule has 0 bridgehead atoms. The molecule has 17 heavy (non-hydrogen) atoms. The molecule has 0 atom stereocenters. The molecule has 0 fully saturated rings. The van der Waals surface area contributed by atoms with Crippen molar-refractivity contribution >= 4 is 11.6 Å².